The second-order valence-electron chi connectivity index (χ2n) is 5.56. The summed E-state index contributed by atoms with van der Waals surface area (Å²) in [6.07, 6.45) is 0.689. The van der Waals surface area contributed by atoms with Crippen LogP contribution in [0.3, 0.4) is 0 Å². The summed E-state index contributed by atoms with van der Waals surface area (Å²) in [5.74, 6) is 0.968. The number of nitrogens with zero attached hydrogens (tertiary/aromatic N) is 5. The number of hydrogen-bond acceptors (Lipinski definition) is 7. The molecule has 21 heavy (non-hydrogen) atoms. The Kier molecular flexibility index (Phi) is 4.15. The molecule has 2 rings (SSSR count). The highest BCUT2D eigenvalue weighted by Crippen LogP contribution is 2.32. The zero-order valence-corrected chi connectivity index (χ0v) is 12.8. The van der Waals surface area contributed by atoms with Crippen LogP contribution in [0.25, 0.3) is 0 Å². The molecular weight excluding hydrogens is 270 g/mol. The molecule has 0 aliphatic carbocycles. The lowest BCUT2D eigenvalue weighted by Crippen LogP contribution is -2.37. The van der Waals surface area contributed by atoms with Crippen molar-refractivity contribution in [3.8, 4) is 0 Å². The van der Waals surface area contributed by atoms with Crippen LogP contribution in [0.15, 0.2) is 0 Å². The van der Waals surface area contributed by atoms with Crippen molar-refractivity contribution in [2.24, 2.45) is 11.1 Å². The quantitative estimate of drug-likeness (QED) is 0.785. The maximum absolute atomic E-state index is 11.5. The Balaban J connectivity index is 2.27. The van der Waals surface area contributed by atoms with E-state index in [1.165, 1.54) is 0 Å². The number of carbonyl (C=O) groups excluding carboxylic acids is 1. The average molecular weight is 293 g/mol. The SMILES string of the molecule is CCN(CC)c1nc(N)nc(N2CCC(C)(C(N)=O)C2)n1. The molecule has 1 atom stereocenters. The van der Waals surface area contributed by atoms with E-state index in [-0.39, 0.29) is 11.9 Å². The number of carbonyl (C=O) groups is 1. The third-order valence-electron chi connectivity index (χ3n) is 4.03. The Labute approximate surface area is 124 Å². The van der Waals surface area contributed by atoms with E-state index < -0.39 is 5.41 Å². The second kappa shape index (κ2) is 5.71. The number of hydrogen-bond donors (Lipinski definition) is 2. The Morgan fingerprint density at radius 2 is 2.00 bits per heavy atom. The van der Waals surface area contributed by atoms with Gasteiger partial charge in [0.2, 0.25) is 23.8 Å². The molecule has 1 aliphatic rings. The predicted octanol–water partition coefficient (Wildman–Crippen LogP) is 0.00170. The number of primary amides is 1. The summed E-state index contributed by atoms with van der Waals surface area (Å²) in [5.41, 5.74) is 10.7. The monoisotopic (exact) mass is 293 g/mol. The van der Waals surface area contributed by atoms with Gasteiger partial charge in [0.15, 0.2) is 0 Å². The summed E-state index contributed by atoms with van der Waals surface area (Å²) in [4.78, 5) is 28.3. The fourth-order valence-corrected chi connectivity index (χ4v) is 2.49. The number of aromatic nitrogens is 3. The minimum absolute atomic E-state index is 0.189. The van der Waals surface area contributed by atoms with Gasteiger partial charge in [0.1, 0.15) is 0 Å². The standard InChI is InChI=1S/C13H23N7O/c1-4-19(5-2)11-16-10(15)17-12(18-11)20-7-6-13(3,8-20)9(14)21/h4-8H2,1-3H3,(H2,14,21)(H2,15,16,17,18). The molecule has 1 unspecified atom stereocenters. The summed E-state index contributed by atoms with van der Waals surface area (Å²) in [6, 6.07) is 0. The fourth-order valence-electron chi connectivity index (χ4n) is 2.49. The maximum Gasteiger partial charge on any atom is 0.231 e. The lowest BCUT2D eigenvalue weighted by atomic mass is 9.89. The average Bonchev–Trinajstić information content (AvgIpc) is 2.84. The lowest BCUT2D eigenvalue weighted by molar-refractivity contribution is -0.125. The van der Waals surface area contributed by atoms with Crippen molar-refractivity contribution >= 4 is 23.8 Å². The van der Waals surface area contributed by atoms with Gasteiger partial charge in [-0.2, -0.15) is 15.0 Å². The van der Waals surface area contributed by atoms with Gasteiger partial charge in [-0.05, 0) is 27.2 Å². The molecule has 1 saturated heterocycles. The van der Waals surface area contributed by atoms with Crippen LogP contribution in [-0.4, -0.2) is 47.0 Å². The van der Waals surface area contributed by atoms with Crippen LogP contribution in [0.1, 0.15) is 27.2 Å². The smallest absolute Gasteiger partial charge is 0.231 e. The molecule has 0 saturated carbocycles. The third-order valence-corrected chi connectivity index (χ3v) is 4.03. The molecule has 0 aromatic carbocycles. The molecule has 4 N–H and O–H groups in total. The van der Waals surface area contributed by atoms with Gasteiger partial charge in [-0.15, -0.1) is 0 Å². The highest BCUT2D eigenvalue weighted by molar-refractivity contribution is 5.81. The molecule has 1 amide bonds. The summed E-state index contributed by atoms with van der Waals surface area (Å²) < 4.78 is 0. The molecule has 2 heterocycles. The first-order valence-corrected chi connectivity index (χ1v) is 7.21. The van der Waals surface area contributed by atoms with Crippen molar-refractivity contribution in [3.05, 3.63) is 0 Å². The van der Waals surface area contributed by atoms with Gasteiger partial charge in [-0.25, -0.2) is 0 Å². The highest BCUT2D eigenvalue weighted by atomic mass is 16.1. The number of nitrogens with two attached hydrogens (primary N) is 2. The number of amides is 1. The van der Waals surface area contributed by atoms with E-state index in [2.05, 4.69) is 15.0 Å². The van der Waals surface area contributed by atoms with Gasteiger partial charge in [0.05, 0.1) is 5.41 Å². The van der Waals surface area contributed by atoms with E-state index in [0.29, 0.717) is 31.4 Å². The largest absolute Gasteiger partial charge is 0.369 e. The van der Waals surface area contributed by atoms with E-state index >= 15 is 0 Å². The first-order valence-electron chi connectivity index (χ1n) is 7.21. The van der Waals surface area contributed by atoms with Crippen LogP contribution in [0, 0.1) is 5.41 Å². The van der Waals surface area contributed by atoms with Crippen LogP contribution in [0.5, 0.6) is 0 Å². The van der Waals surface area contributed by atoms with Crippen molar-refractivity contribution in [1.82, 2.24) is 15.0 Å². The molecule has 0 radical (unpaired) electrons. The molecule has 1 aromatic heterocycles. The van der Waals surface area contributed by atoms with Gasteiger partial charge >= 0.3 is 0 Å². The fraction of sp³-hybridized carbons (Fsp3) is 0.692. The molecule has 0 spiro atoms. The molecule has 1 aromatic rings. The van der Waals surface area contributed by atoms with Crippen LogP contribution in [0.4, 0.5) is 17.8 Å². The number of rotatable bonds is 5. The van der Waals surface area contributed by atoms with Gasteiger partial charge in [0.25, 0.3) is 0 Å². The molecule has 1 aliphatic heterocycles. The van der Waals surface area contributed by atoms with Crippen molar-refractivity contribution in [2.75, 3.05) is 41.7 Å². The molecule has 0 bridgehead atoms. The number of anilines is 3. The van der Waals surface area contributed by atoms with Crippen molar-refractivity contribution in [3.63, 3.8) is 0 Å². The van der Waals surface area contributed by atoms with Crippen LogP contribution >= 0.6 is 0 Å². The van der Waals surface area contributed by atoms with Gasteiger partial charge in [-0.1, -0.05) is 0 Å². The summed E-state index contributed by atoms with van der Waals surface area (Å²) in [5, 5.41) is 0. The lowest BCUT2D eigenvalue weighted by Gasteiger charge is -2.23. The first-order chi connectivity index (χ1) is 9.89. The Morgan fingerprint density at radius 3 is 2.52 bits per heavy atom. The van der Waals surface area contributed by atoms with E-state index in [4.69, 9.17) is 11.5 Å². The van der Waals surface area contributed by atoms with Crippen LogP contribution in [-0.2, 0) is 4.79 Å². The van der Waals surface area contributed by atoms with Crippen molar-refractivity contribution < 1.29 is 4.79 Å². The highest BCUT2D eigenvalue weighted by Gasteiger charge is 2.40. The van der Waals surface area contributed by atoms with Crippen molar-refractivity contribution in [2.45, 2.75) is 27.2 Å². The maximum atomic E-state index is 11.5. The summed E-state index contributed by atoms with van der Waals surface area (Å²) in [6.45, 7) is 8.69. The Hall–Kier alpha value is -2.12. The first kappa shape index (κ1) is 15.3. The van der Waals surface area contributed by atoms with Crippen LogP contribution in [0.2, 0.25) is 0 Å². The molecule has 8 heteroatoms. The van der Waals surface area contributed by atoms with Crippen molar-refractivity contribution in [1.29, 1.82) is 0 Å². The van der Waals surface area contributed by atoms with Gasteiger partial charge in [0, 0.05) is 26.2 Å². The Bertz CT molecular complexity index is 531. The zero-order chi connectivity index (χ0) is 15.6. The summed E-state index contributed by atoms with van der Waals surface area (Å²) in [7, 11) is 0. The summed E-state index contributed by atoms with van der Waals surface area (Å²) >= 11 is 0. The predicted molar refractivity (Wildman–Crippen MR) is 81.9 cm³/mol. The normalized spacial score (nSPS) is 21.6. The second-order valence-corrected chi connectivity index (χ2v) is 5.56. The third kappa shape index (κ3) is 2.98. The van der Waals surface area contributed by atoms with E-state index in [0.717, 1.165) is 13.1 Å². The molecule has 8 nitrogen and oxygen atoms in total. The van der Waals surface area contributed by atoms with Crippen LogP contribution < -0.4 is 21.3 Å². The Morgan fingerprint density at radius 1 is 1.33 bits per heavy atom. The van der Waals surface area contributed by atoms with Gasteiger partial charge in [-0.3, -0.25) is 4.79 Å². The van der Waals surface area contributed by atoms with Gasteiger partial charge < -0.3 is 21.3 Å². The van der Waals surface area contributed by atoms with E-state index in [1.807, 2.05) is 30.6 Å². The minimum Gasteiger partial charge on any atom is -0.369 e. The minimum atomic E-state index is -0.545. The number of nitrogen functional groups attached to an aromatic ring is 1. The topological polar surface area (TPSA) is 114 Å². The zero-order valence-electron chi connectivity index (χ0n) is 12.8. The van der Waals surface area contributed by atoms with E-state index in [1.54, 1.807) is 0 Å². The van der Waals surface area contributed by atoms with E-state index in [9.17, 15) is 4.79 Å². The molecular formula is C13H23N7O. The molecule has 116 valence electrons. The molecule has 1 fully saturated rings.